The fourth-order valence-corrected chi connectivity index (χ4v) is 3.38. The lowest BCUT2D eigenvalue weighted by molar-refractivity contribution is -0.123. The van der Waals surface area contributed by atoms with Gasteiger partial charge in [0.05, 0.1) is 13.3 Å². The van der Waals surface area contributed by atoms with Gasteiger partial charge in [-0.3, -0.25) is 9.36 Å². The molecule has 3 aromatic rings. The Balaban J connectivity index is 1.59. The van der Waals surface area contributed by atoms with Crippen molar-refractivity contribution in [3.63, 3.8) is 0 Å². The van der Waals surface area contributed by atoms with E-state index in [0.29, 0.717) is 11.5 Å². The Bertz CT molecular complexity index is 948. The number of hydrazone groups is 1. The highest BCUT2D eigenvalue weighted by molar-refractivity contribution is 7.12. The van der Waals surface area contributed by atoms with Gasteiger partial charge >= 0.3 is 0 Å². The normalized spacial score (nSPS) is 10.9. The number of amides is 1. The molecule has 0 radical (unpaired) electrons. The van der Waals surface area contributed by atoms with E-state index < -0.39 is 0 Å². The van der Waals surface area contributed by atoms with Crippen LogP contribution < -0.4 is 14.9 Å². The molecule has 2 heterocycles. The first kappa shape index (κ1) is 18.7. The van der Waals surface area contributed by atoms with Crippen molar-refractivity contribution in [1.82, 2.24) is 15.0 Å². The fraction of sp³-hybridized carbons (Fsp3) is 0.211. The smallest absolute Gasteiger partial charge is 0.277 e. The monoisotopic (exact) mass is 384 g/mol. The van der Waals surface area contributed by atoms with Crippen molar-refractivity contribution in [3.8, 4) is 16.6 Å². The highest BCUT2D eigenvalue weighted by atomic mass is 32.1. The molecule has 0 unspecified atom stereocenters. The first-order chi connectivity index (χ1) is 13.1. The maximum atomic E-state index is 11.9. The van der Waals surface area contributed by atoms with Crippen LogP contribution >= 0.6 is 11.3 Å². The molecule has 0 bridgehead atoms. The lowest BCUT2D eigenvalue weighted by atomic mass is 10.3. The number of carbonyl (C=O) groups excluding carboxylic acids is 1. The topological polar surface area (TPSA) is 77.7 Å². The molecule has 0 aliphatic heterocycles. The molecule has 3 rings (SSSR count). The molecular formula is C19H20N4O3S. The summed E-state index contributed by atoms with van der Waals surface area (Å²) in [4.78, 5) is 16.3. The molecule has 27 heavy (non-hydrogen) atoms. The van der Waals surface area contributed by atoms with Gasteiger partial charge in [0.15, 0.2) is 23.2 Å². The second-order valence-corrected chi connectivity index (χ2v) is 6.58. The largest absolute Gasteiger partial charge is 0.493 e. The number of nitrogens with one attached hydrogen (secondary N) is 1. The van der Waals surface area contributed by atoms with E-state index >= 15 is 0 Å². The van der Waals surface area contributed by atoms with E-state index in [2.05, 4.69) is 20.1 Å². The quantitative estimate of drug-likeness (QED) is 0.502. The molecule has 0 aliphatic rings. The van der Waals surface area contributed by atoms with Gasteiger partial charge in [-0.05, 0) is 32.0 Å². The van der Waals surface area contributed by atoms with Crippen molar-refractivity contribution < 1.29 is 14.3 Å². The zero-order valence-corrected chi connectivity index (χ0v) is 16.1. The van der Waals surface area contributed by atoms with E-state index in [9.17, 15) is 4.79 Å². The van der Waals surface area contributed by atoms with Crippen LogP contribution in [0, 0.1) is 13.8 Å². The van der Waals surface area contributed by atoms with Crippen LogP contribution in [0.4, 0.5) is 0 Å². The summed E-state index contributed by atoms with van der Waals surface area (Å²) in [5.41, 5.74) is 5.44. The van der Waals surface area contributed by atoms with E-state index in [1.54, 1.807) is 43.0 Å². The summed E-state index contributed by atoms with van der Waals surface area (Å²) in [5, 5.41) is 6.86. The molecule has 0 aliphatic carbocycles. The molecule has 140 valence electrons. The number of ether oxygens (including phenoxy) is 2. The van der Waals surface area contributed by atoms with Crippen molar-refractivity contribution in [2.24, 2.45) is 5.10 Å². The number of carbonyl (C=O) groups is 1. The summed E-state index contributed by atoms with van der Waals surface area (Å²) in [6.07, 6.45) is 3.39. The van der Waals surface area contributed by atoms with E-state index in [-0.39, 0.29) is 12.5 Å². The average Bonchev–Trinajstić information content (AvgIpc) is 3.28. The summed E-state index contributed by atoms with van der Waals surface area (Å²) in [5.74, 6) is 0.723. The van der Waals surface area contributed by atoms with Gasteiger partial charge in [0.1, 0.15) is 0 Å². The lowest BCUT2D eigenvalue weighted by Crippen LogP contribution is -2.24. The number of hydrogen-bond acceptors (Lipinski definition) is 6. The van der Waals surface area contributed by atoms with Crippen molar-refractivity contribution in [2.45, 2.75) is 13.8 Å². The van der Waals surface area contributed by atoms with E-state index in [1.807, 2.05) is 37.4 Å². The Morgan fingerprint density at radius 3 is 2.81 bits per heavy atom. The zero-order valence-electron chi connectivity index (χ0n) is 15.3. The van der Waals surface area contributed by atoms with Gasteiger partial charge in [-0.1, -0.05) is 12.1 Å². The van der Waals surface area contributed by atoms with Crippen LogP contribution in [0.1, 0.15) is 17.0 Å². The van der Waals surface area contributed by atoms with Gasteiger partial charge in [0.25, 0.3) is 5.91 Å². The molecule has 7 nitrogen and oxygen atoms in total. The predicted octanol–water partition coefficient (Wildman–Crippen LogP) is 3.09. The Morgan fingerprint density at radius 2 is 2.11 bits per heavy atom. The zero-order chi connectivity index (χ0) is 19.2. The maximum absolute atomic E-state index is 11.9. The van der Waals surface area contributed by atoms with Gasteiger partial charge in [0.2, 0.25) is 0 Å². The molecule has 0 spiro atoms. The van der Waals surface area contributed by atoms with E-state index in [1.165, 1.54) is 0 Å². The minimum atomic E-state index is -0.356. The molecular weight excluding hydrogens is 364 g/mol. The number of aryl methyl sites for hydroxylation is 1. The van der Waals surface area contributed by atoms with Gasteiger partial charge in [0, 0.05) is 28.5 Å². The SMILES string of the molecule is COc1ccccc1OCC(=O)N/N=C\c1cc(C)n(-c2nccs2)c1C. The number of nitrogens with zero attached hydrogens (tertiary/aromatic N) is 3. The van der Waals surface area contributed by atoms with Crippen LogP contribution in [0.5, 0.6) is 11.5 Å². The second kappa shape index (κ2) is 8.50. The van der Waals surface area contributed by atoms with Crippen LogP contribution in [-0.2, 0) is 4.79 Å². The first-order valence-electron chi connectivity index (χ1n) is 8.26. The highest BCUT2D eigenvalue weighted by Crippen LogP contribution is 2.25. The molecule has 1 aromatic carbocycles. The third kappa shape index (κ3) is 4.35. The summed E-state index contributed by atoms with van der Waals surface area (Å²) in [6, 6.07) is 9.15. The van der Waals surface area contributed by atoms with Crippen molar-refractivity contribution in [2.75, 3.05) is 13.7 Å². The van der Waals surface area contributed by atoms with Gasteiger partial charge in [-0.25, -0.2) is 10.4 Å². The van der Waals surface area contributed by atoms with Crippen molar-refractivity contribution >= 4 is 23.5 Å². The molecule has 0 saturated carbocycles. The summed E-state index contributed by atoms with van der Waals surface area (Å²) < 4.78 is 12.7. The fourth-order valence-electron chi connectivity index (χ4n) is 2.63. The molecule has 8 heteroatoms. The first-order valence-corrected chi connectivity index (χ1v) is 9.14. The number of rotatable bonds is 7. The number of para-hydroxylation sites is 2. The van der Waals surface area contributed by atoms with Crippen molar-refractivity contribution in [1.29, 1.82) is 0 Å². The molecule has 1 amide bonds. The molecule has 2 aromatic heterocycles. The molecule has 0 atom stereocenters. The van der Waals surface area contributed by atoms with E-state index in [0.717, 1.165) is 22.1 Å². The number of thiazole rings is 1. The molecule has 0 fully saturated rings. The Labute approximate surface area is 161 Å². The molecule has 1 N–H and O–H groups in total. The van der Waals surface area contributed by atoms with E-state index in [4.69, 9.17) is 9.47 Å². The highest BCUT2D eigenvalue weighted by Gasteiger charge is 2.11. The van der Waals surface area contributed by atoms with Crippen LogP contribution in [0.25, 0.3) is 5.13 Å². The van der Waals surface area contributed by atoms with Crippen LogP contribution in [0.2, 0.25) is 0 Å². The standard InChI is InChI=1S/C19H20N4O3S/c1-13-10-15(14(2)23(13)19-20-8-9-27-19)11-21-22-18(24)12-26-17-7-5-4-6-16(17)25-3/h4-11H,12H2,1-3H3,(H,22,24)/b21-11-. The predicted molar refractivity (Wildman–Crippen MR) is 105 cm³/mol. The second-order valence-electron chi connectivity index (χ2n) is 5.71. The Hall–Kier alpha value is -3.13. The van der Waals surface area contributed by atoms with Crippen LogP contribution in [0.15, 0.2) is 47.0 Å². The number of benzene rings is 1. The number of hydrogen-bond donors (Lipinski definition) is 1. The summed E-state index contributed by atoms with van der Waals surface area (Å²) in [7, 11) is 1.55. The third-order valence-corrected chi connectivity index (χ3v) is 4.66. The number of methoxy groups -OCH3 is 1. The van der Waals surface area contributed by atoms with Gasteiger partial charge in [-0.2, -0.15) is 5.10 Å². The Morgan fingerprint density at radius 1 is 1.33 bits per heavy atom. The molecule has 0 saturated heterocycles. The van der Waals surface area contributed by atoms with Gasteiger partial charge < -0.3 is 9.47 Å². The lowest BCUT2D eigenvalue weighted by Gasteiger charge is -2.09. The Kier molecular flexibility index (Phi) is 5.87. The maximum Gasteiger partial charge on any atom is 0.277 e. The minimum Gasteiger partial charge on any atom is -0.493 e. The number of aromatic nitrogens is 2. The van der Waals surface area contributed by atoms with Crippen LogP contribution in [-0.4, -0.2) is 35.4 Å². The summed E-state index contributed by atoms with van der Waals surface area (Å²) >= 11 is 1.56. The third-order valence-electron chi connectivity index (χ3n) is 3.90. The van der Waals surface area contributed by atoms with Crippen molar-refractivity contribution in [3.05, 3.63) is 58.9 Å². The summed E-state index contributed by atoms with van der Waals surface area (Å²) in [6.45, 7) is 3.84. The average molecular weight is 384 g/mol. The van der Waals surface area contributed by atoms with Crippen LogP contribution in [0.3, 0.4) is 0 Å². The van der Waals surface area contributed by atoms with Gasteiger partial charge in [-0.15, -0.1) is 11.3 Å². The minimum absolute atomic E-state index is 0.157.